The van der Waals surface area contributed by atoms with Crippen molar-refractivity contribution in [2.75, 3.05) is 19.9 Å². The minimum atomic E-state index is -0.792. The summed E-state index contributed by atoms with van der Waals surface area (Å²) in [6.07, 6.45) is 13.2. The predicted octanol–water partition coefficient (Wildman–Crippen LogP) is 3.32. The fourth-order valence-corrected chi connectivity index (χ4v) is 2.37. The van der Waals surface area contributed by atoms with Crippen LogP contribution in [0.4, 0.5) is 4.39 Å². The van der Waals surface area contributed by atoms with Gasteiger partial charge in [0.1, 0.15) is 0 Å². The molecule has 0 aliphatic heterocycles. The van der Waals surface area contributed by atoms with E-state index in [-0.39, 0.29) is 19.9 Å². The van der Waals surface area contributed by atoms with Gasteiger partial charge in [0.2, 0.25) is 0 Å². The molecule has 0 amide bonds. The Morgan fingerprint density at radius 3 is 1.35 bits per heavy atom. The van der Waals surface area contributed by atoms with Crippen molar-refractivity contribution in [1.29, 1.82) is 0 Å². The summed E-state index contributed by atoms with van der Waals surface area (Å²) in [6, 6.07) is 0. The summed E-state index contributed by atoms with van der Waals surface area (Å²) >= 11 is 0. The van der Waals surface area contributed by atoms with Crippen molar-refractivity contribution in [3.05, 3.63) is 0 Å². The van der Waals surface area contributed by atoms with Crippen LogP contribution in [0.5, 0.6) is 0 Å². The van der Waals surface area contributed by atoms with Gasteiger partial charge in [0.15, 0.2) is 0 Å². The van der Waals surface area contributed by atoms with Gasteiger partial charge in [0.25, 0.3) is 0 Å². The fourth-order valence-electron chi connectivity index (χ4n) is 2.37. The SMILES string of the molecule is NC(CO)(CO)CCCCCCCCCCCCCF. The summed E-state index contributed by atoms with van der Waals surface area (Å²) in [5, 5.41) is 18.1. The zero-order chi connectivity index (χ0) is 15.1. The number of hydrogen-bond acceptors (Lipinski definition) is 3. The van der Waals surface area contributed by atoms with Gasteiger partial charge in [-0.3, -0.25) is 4.39 Å². The molecule has 4 heteroatoms. The van der Waals surface area contributed by atoms with Crippen LogP contribution in [0.15, 0.2) is 0 Å². The number of hydrogen-bond donors (Lipinski definition) is 3. The standard InChI is InChI=1S/C16H34FNO2/c17-13-11-9-7-5-3-1-2-4-6-8-10-12-16(18,14-19)15-20/h19-20H,1-15,18H2. The Bertz CT molecular complexity index is 199. The summed E-state index contributed by atoms with van der Waals surface area (Å²) in [7, 11) is 0. The number of alkyl halides is 1. The third-order valence-electron chi connectivity index (χ3n) is 3.94. The highest BCUT2D eigenvalue weighted by molar-refractivity contribution is 4.81. The molecule has 4 N–H and O–H groups in total. The van der Waals surface area contributed by atoms with Crippen LogP contribution < -0.4 is 5.73 Å². The summed E-state index contributed by atoms with van der Waals surface area (Å²) in [5.74, 6) is 0. The van der Waals surface area contributed by atoms with Crippen LogP contribution in [-0.4, -0.2) is 35.6 Å². The molecular weight excluding hydrogens is 257 g/mol. The Morgan fingerprint density at radius 1 is 0.650 bits per heavy atom. The van der Waals surface area contributed by atoms with Crippen LogP contribution in [0, 0.1) is 0 Å². The van der Waals surface area contributed by atoms with E-state index in [9.17, 15) is 4.39 Å². The highest BCUT2D eigenvalue weighted by Crippen LogP contribution is 2.15. The molecule has 0 aromatic heterocycles. The first-order chi connectivity index (χ1) is 9.68. The van der Waals surface area contributed by atoms with E-state index in [1.54, 1.807) is 0 Å². The van der Waals surface area contributed by atoms with Gasteiger partial charge in [-0.1, -0.05) is 64.2 Å². The number of rotatable bonds is 15. The third kappa shape index (κ3) is 11.6. The van der Waals surface area contributed by atoms with E-state index in [2.05, 4.69) is 0 Å². The molecule has 0 rings (SSSR count). The van der Waals surface area contributed by atoms with Gasteiger partial charge >= 0.3 is 0 Å². The second-order valence-corrected chi connectivity index (χ2v) is 6.01. The van der Waals surface area contributed by atoms with Crippen LogP contribution in [-0.2, 0) is 0 Å². The molecular formula is C16H34FNO2. The molecule has 0 spiro atoms. The first-order valence-electron chi connectivity index (χ1n) is 8.25. The van der Waals surface area contributed by atoms with Gasteiger partial charge in [0.05, 0.1) is 25.4 Å². The number of aliphatic hydroxyl groups excluding tert-OH is 2. The van der Waals surface area contributed by atoms with Crippen LogP contribution in [0.25, 0.3) is 0 Å². The largest absolute Gasteiger partial charge is 0.394 e. The van der Waals surface area contributed by atoms with Crippen molar-refractivity contribution in [1.82, 2.24) is 0 Å². The first kappa shape index (κ1) is 19.8. The Morgan fingerprint density at radius 2 is 1.00 bits per heavy atom. The topological polar surface area (TPSA) is 66.5 Å². The van der Waals surface area contributed by atoms with Crippen molar-refractivity contribution in [3.8, 4) is 0 Å². The Labute approximate surface area is 123 Å². The molecule has 0 fully saturated rings. The molecule has 0 heterocycles. The van der Waals surface area contributed by atoms with Crippen molar-refractivity contribution in [2.45, 2.75) is 82.6 Å². The van der Waals surface area contributed by atoms with Crippen molar-refractivity contribution < 1.29 is 14.6 Å². The van der Waals surface area contributed by atoms with Crippen LogP contribution in [0.1, 0.15) is 77.0 Å². The molecule has 0 saturated carbocycles. The van der Waals surface area contributed by atoms with Crippen LogP contribution in [0.3, 0.4) is 0 Å². The Balaban J connectivity index is 3.17. The average Bonchev–Trinajstić information content (AvgIpc) is 2.48. The van der Waals surface area contributed by atoms with Gasteiger partial charge in [-0.05, 0) is 12.8 Å². The summed E-state index contributed by atoms with van der Waals surface area (Å²) in [4.78, 5) is 0. The molecule has 3 nitrogen and oxygen atoms in total. The molecule has 20 heavy (non-hydrogen) atoms. The lowest BCUT2D eigenvalue weighted by Gasteiger charge is -2.24. The van der Waals surface area contributed by atoms with Crippen molar-refractivity contribution in [2.24, 2.45) is 5.73 Å². The molecule has 0 aliphatic carbocycles. The number of aliphatic hydroxyl groups is 2. The zero-order valence-electron chi connectivity index (χ0n) is 13.0. The van der Waals surface area contributed by atoms with Gasteiger partial charge < -0.3 is 15.9 Å². The normalized spacial score (nSPS) is 12.0. The minimum Gasteiger partial charge on any atom is -0.394 e. The molecule has 0 aliphatic rings. The lowest BCUT2D eigenvalue weighted by molar-refractivity contribution is 0.112. The minimum absolute atomic E-state index is 0.147. The quantitative estimate of drug-likeness (QED) is 0.405. The second-order valence-electron chi connectivity index (χ2n) is 6.01. The number of nitrogens with two attached hydrogens (primary N) is 1. The van der Waals surface area contributed by atoms with Gasteiger partial charge in [-0.15, -0.1) is 0 Å². The average molecular weight is 291 g/mol. The molecule has 0 aromatic rings. The Kier molecular flexibility index (Phi) is 13.6. The first-order valence-corrected chi connectivity index (χ1v) is 8.25. The summed E-state index contributed by atoms with van der Waals surface area (Å²) in [5.41, 5.74) is 5.01. The maximum atomic E-state index is 11.9. The number of unbranched alkanes of at least 4 members (excludes halogenated alkanes) is 10. The highest BCUT2D eigenvalue weighted by Gasteiger charge is 2.21. The molecule has 0 bridgehead atoms. The smallest absolute Gasteiger partial charge is 0.0894 e. The third-order valence-corrected chi connectivity index (χ3v) is 3.94. The van der Waals surface area contributed by atoms with Crippen LogP contribution in [0.2, 0.25) is 0 Å². The zero-order valence-corrected chi connectivity index (χ0v) is 13.0. The highest BCUT2D eigenvalue weighted by atomic mass is 19.1. The van der Waals surface area contributed by atoms with Gasteiger partial charge in [0, 0.05) is 0 Å². The van der Waals surface area contributed by atoms with E-state index >= 15 is 0 Å². The Hall–Kier alpha value is -0.190. The van der Waals surface area contributed by atoms with E-state index in [0.717, 1.165) is 25.7 Å². The monoisotopic (exact) mass is 291 g/mol. The van der Waals surface area contributed by atoms with E-state index in [0.29, 0.717) is 6.42 Å². The molecule has 0 atom stereocenters. The van der Waals surface area contributed by atoms with Crippen molar-refractivity contribution >= 4 is 0 Å². The maximum Gasteiger partial charge on any atom is 0.0894 e. The lowest BCUT2D eigenvalue weighted by Crippen LogP contribution is -2.47. The van der Waals surface area contributed by atoms with Crippen LogP contribution >= 0.6 is 0 Å². The second kappa shape index (κ2) is 13.8. The molecule has 0 saturated heterocycles. The lowest BCUT2D eigenvalue weighted by atomic mass is 9.94. The van der Waals surface area contributed by atoms with E-state index < -0.39 is 5.54 Å². The van der Waals surface area contributed by atoms with E-state index in [1.165, 1.54) is 44.9 Å². The number of halogens is 1. The molecule has 0 unspecified atom stereocenters. The molecule has 122 valence electrons. The van der Waals surface area contributed by atoms with E-state index in [1.807, 2.05) is 0 Å². The molecule has 0 radical (unpaired) electrons. The predicted molar refractivity (Wildman–Crippen MR) is 82.5 cm³/mol. The molecule has 0 aromatic carbocycles. The fraction of sp³-hybridized carbons (Fsp3) is 1.00. The van der Waals surface area contributed by atoms with Gasteiger partial charge in [-0.25, -0.2) is 0 Å². The summed E-state index contributed by atoms with van der Waals surface area (Å²) < 4.78 is 11.9. The van der Waals surface area contributed by atoms with Crippen molar-refractivity contribution in [3.63, 3.8) is 0 Å². The summed E-state index contributed by atoms with van der Waals surface area (Å²) in [6.45, 7) is -0.464. The van der Waals surface area contributed by atoms with E-state index in [4.69, 9.17) is 15.9 Å². The maximum absolute atomic E-state index is 11.9. The van der Waals surface area contributed by atoms with Gasteiger partial charge in [-0.2, -0.15) is 0 Å².